The molecule has 1 saturated heterocycles. The number of carbonyl (C=O) groups is 1. The number of rotatable bonds is 3. The Hall–Kier alpha value is -1.70. The van der Waals surface area contributed by atoms with Crippen LogP contribution in [-0.2, 0) is 4.79 Å². The molecule has 0 saturated carbocycles. The molecular formula is C12H14BrN3O4. The summed E-state index contributed by atoms with van der Waals surface area (Å²) in [6.45, 7) is 2.07. The molecule has 8 heteroatoms. The smallest absolute Gasteiger partial charge is 0.329 e. The van der Waals surface area contributed by atoms with E-state index in [1.807, 2.05) is 0 Å². The Morgan fingerprint density at radius 2 is 2.25 bits per heavy atom. The van der Waals surface area contributed by atoms with E-state index in [2.05, 4.69) is 20.9 Å². The molecule has 108 valence electrons. The van der Waals surface area contributed by atoms with E-state index >= 15 is 0 Å². The fourth-order valence-electron chi connectivity index (χ4n) is 2.52. The van der Waals surface area contributed by atoms with Crippen LogP contribution in [0.5, 0.6) is 0 Å². The molecule has 1 N–H and O–H groups in total. The van der Waals surface area contributed by atoms with Gasteiger partial charge in [-0.1, -0.05) is 0 Å². The fourth-order valence-corrected chi connectivity index (χ4v) is 3.06. The average molecular weight is 344 g/mol. The van der Waals surface area contributed by atoms with E-state index in [0.29, 0.717) is 17.4 Å². The van der Waals surface area contributed by atoms with Crippen molar-refractivity contribution in [3.8, 4) is 0 Å². The van der Waals surface area contributed by atoms with E-state index in [-0.39, 0.29) is 11.4 Å². The Morgan fingerprint density at radius 3 is 2.85 bits per heavy atom. The summed E-state index contributed by atoms with van der Waals surface area (Å²) in [6, 6.07) is 0. The van der Waals surface area contributed by atoms with Gasteiger partial charge in [0, 0.05) is 12.7 Å². The van der Waals surface area contributed by atoms with Crippen LogP contribution in [-0.4, -0.2) is 33.1 Å². The summed E-state index contributed by atoms with van der Waals surface area (Å²) in [5.41, 5.74) is -1.05. The summed E-state index contributed by atoms with van der Waals surface area (Å²) in [6.07, 6.45) is 4.63. The van der Waals surface area contributed by atoms with Crippen molar-refractivity contribution in [3.05, 3.63) is 27.0 Å². The lowest BCUT2D eigenvalue weighted by Crippen LogP contribution is -2.55. The molecule has 0 aromatic carbocycles. The quantitative estimate of drug-likeness (QED) is 0.669. The number of pyridine rings is 1. The number of hydrogen-bond donors (Lipinski definition) is 1. The third-order valence-electron chi connectivity index (χ3n) is 3.67. The Labute approximate surface area is 123 Å². The van der Waals surface area contributed by atoms with E-state index in [4.69, 9.17) is 0 Å². The zero-order valence-electron chi connectivity index (χ0n) is 10.9. The van der Waals surface area contributed by atoms with Gasteiger partial charge in [-0.25, -0.2) is 4.79 Å². The lowest BCUT2D eigenvalue weighted by Gasteiger charge is -2.43. The zero-order valence-corrected chi connectivity index (χ0v) is 12.5. The molecule has 1 atom stereocenters. The van der Waals surface area contributed by atoms with Gasteiger partial charge in [0.2, 0.25) is 0 Å². The van der Waals surface area contributed by atoms with Crippen molar-refractivity contribution in [3.63, 3.8) is 0 Å². The summed E-state index contributed by atoms with van der Waals surface area (Å²) >= 11 is 3.25. The van der Waals surface area contributed by atoms with E-state index < -0.39 is 16.4 Å². The van der Waals surface area contributed by atoms with Crippen LogP contribution in [0, 0.1) is 10.1 Å². The predicted molar refractivity (Wildman–Crippen MR) is 75.8 cm³/mol. The van der Waals surface area contributed by atoms with Crippen LogP contribution in [0.3, 0.4) is 0 Å². The molecule has 1 fully saturated rings. The molecule has 2 rings (SSSR count). The number of carboxylic acid groups (broad SMARTS) is 1. The predicted octanol–water partition coefficient (Wildman–Crippen LogP) is 2.59. The maximum Gasteiger partial charge on any atom is 0.329 e. The molecule has 2 heterocycles. The number of nitro groups is 1. The number of anilines is 1. The van der Waals surface area contributed by atoms with Crippen LogP contribution < -0.4 is 4.90 Å². The number of hydrogen-bond acceptors (Lipinski definition) is 5. The molecule has 0 radical (unpaired) electrons. The van der Waals surface area contributed by atoms with Crippen molar-refractivity contribution in [2.24, 2.45) is 0 Å². The molecule has 0 aliphatic carbocycles. The van der Waals surface area contributed by atoms with Gasteiger partial charge < -0.3 is 10.0 Å². The first-order valence-corrected chi connectivity index (χ1v) is 6.96. The molecular weight excluding hydrogens is 330 g/mol. The Morgan fingerprint density at radius 1 is 1.55 bits per heavy atom. The number of halogens is 1. The summed E-state index contributed by atoms with van der Waals surface area (Å²) < 4.78 is 0.432. The van der Waals surface area contributed by atoms with Gasteiger partial charge in [0.05, 0.1) is 9.40 Å². The molecule has 0 spiro atoms. The van der Waals surface area contributed by atoms with Gasteiger partial charge in [-0.15, -0.1) is 0 Å². The number of aromatic nitrogens is 1. The van der Waals surface area contributed by atoms with E-state index in [0.717, 1.165) is 19.0 Å². The van der Waals surface area contributed by atoms with Crippen LogP contribution in [0.4, 0.5) is 11.4 Å². The first-order chi connectivity index (χ1) is 9.38. The summed E-state index contributed by atoms with van der Waals surface area (Å²) in [5, 5.41) is 20.7. The van der Waals surface area contributed by atoms with Crippen LogP contribution >= 0.6 is 15.9 Å². The second-order valence-corrected chi connectivity index (χ2v) is 5.79. The molecule has 7 nitrogen and oxygen atoms in total. The number of piperidine rings is 1. The minimum absolute atomic E-state index is 0.186. The van der Waals surface area contributed by atoms with Gasteiger partial charge in [-0.05, 0) is 42.1 Å². The Bertz CT molecular complexity index is 566. The molecule has 1 aliphatic rings. The molecule has 1 aromatic rings. The second-order valence-electron chi connectivity index (χ2n) is 4.93. The van der Waals surface area contributed by atoms with Crippen molar-refractivity contribution in [1.29, 1.82) is 0 Å². The van der Waals surface area contributed by atoms with Crippen molar-refractivity contribution in [1.82, 2.24) is 4.98 Å². The topological polar surface area (TPSA) is 96.6 Å². The Kier molecular flexibility index (Phi) is 3.94. The van der Waals surface area contributed by atoms with Crippen LogP contribution in [0.25, 0.3) is 0 Å². The van der Waals surface area contributed by atoms with Crippen molar-refractivity contribution < 1.29 is 14.8 Å². The normalized spacial score (nSPS) is 22.6. The van der Waals surface area contributed by atoms with E-state index in [9.17, 15) is 20.0 Å². The standard InChI is InChI=1S/C12H14BrN3O4/c1-12(11(17)18)4-2-3-5-15(12)10-8(13)6-14-7-9(10)16(19)20/h6-7H,2-5H2,1H3,(H,17,18). The van der Waals surface area contributed by atoms with Crippen molar-refractivity contribution in [2.45, 2.75) is 31.7 Å². The summed E-state index contributed by atoms with van der Waals surface area (Å²) in [5.74, 6) is -0.977. The molecule has 1 aromatic heterocycles. The third kappa shape index (κ3) is 2.35. The molecule has 20 heavy (non-hydrogen) atoms. The highest BCUT2D eigenvalue weighted by Gasteiger charge is 2.44. The highest BCUT2D eigenvalue weighted by atomic mass is 79.9. The molecule has 1 aliphatic heterocycles. The monoisotopic (exact) mass is 343 g/mol. The van der Waals surface area contributed by atoms with Gasteiger partial charge in [-0.2, -0.15) is 0 Å². The van der Waals surface area contributed by atoms with Gasteiger partial charge in [0.25, 0.3) is 0 Å². The van der Waals surface area contributed by atoms with Crippen LogP contribution in [0.1, 0.15) is 26.2 Å². The number of nitrogens with zero attached hydrogens (tertiary/aromatic N) is 3. The minimum atomic E-state index is -1.15. The summed E-state index contributed by atoms with van der Waals surface area (Å²) in [7, 11) is 0. The zero-order chi connectivity index (χ0) is 14.9. The van der Waals surface area contributed by atoms with Gasteiger partial charge >= 0.3 is 11.7 Å². The first-order valence-electron chi connectivity index (χ1n) is 6.17. The highest BCUT2D eigenvalue weighted by Crippen LogP contribution is 2.41. The third-order valence-corrected chi connectivity index (χ3v) is 4.25. The van der Waals surface area contributed by atoms with E-state index in [1.54, 1.807) is 11.8 Å². The van der Waals surface area contributed by atoms with Gasteiger partial charge in [-0.3, -0.25) is 15.1 Å². The SMILES string of the molecule is CC1(C(=O)O)CCCCN1c1c(Br)cncc1[N+](=O)[O-]. The van der Waals surface area contributed by atoms with E-state index in [1.165, 1.54) is 6.20 Å². The van der Waals surface area contributed by atoms with Crippen LogP contribution in [0.2, 0.25) is 0 Å². The Balaban J connectivity index is 2.59. The minimum Gasteiger partial charge on any atom is -0.480 e. The maximum absolute atomic E-state index is 11.6. The highest BCUT2D eigenvalue weighted by molar-refractivity contribution is 9.10. The second kappa shape index (κ2) is 5.35. The average Bonchev–Trinajstić information content (AvgIpc) is 2.39. The van der Waals surface area contributed by atoms with Crippen molar-refractivity contribution >= 4 is 33.3 Å². The van der Waals surface area contributed by atoms with Gasteiger partial charge in [0.15, 0.2) is 0 Å². The molecule has 1 unspecified atom stereocenters. The lowest BCUT2D eigenvalue weighted by molar-refractivity contribution is -0.384. The van der Waals surface area contributed by atoms with Gasteiger partial charge in [0.1, 0.15) is 17.4 Å². The molecule has 0 amide bonds. The van der Waals surface area contributed by atoms with Crippen molar-refractivity contribution in [2.75, 3.05) is 11.4 Å². The molecule has 0 bridgehead atoms. The fraction of sp³-hybridized carbons (Fsp3) is 0.500. The first kappa shape index (κ1) is 14.7. The summed E-state index contributed by atoms with van der Waals surface area (Å²) in [4.78, 5) is 27.6. The lowest BCUT2D eigenvalue weighted by atomic mass is 9.88. The van der Waals surface area contributed by atoms with Crippen LogP contribution in [0.15, 0.2) is 16.9 Å². The largest absolute Gasteiger partial charge is 0.480 e. The number of aliphatic carboxylic acids is 1. The number of carboxylic acids is 1. The maximum atomic E-state index is 11.6.